The van der Waals surface area contributed by atoms with Crippen LogP contribution in [0.15, 0.2) is 53.3 Å². The summed E-state index contributed by atoms with van der Waals surface area (Å²) < 4.78 is 89.3. The minimum absolute atomic E-state index is 0.0359. The van der Waals surface area contributed by atoms with Crippen molar-refractivity contribution in [2.75, 3.05) is 24.7 Å². The van der Waals surface area contributed by atoms with Gasteiger partial charge in [0.2, 0.25) is 5.88 Å². The van der Waals surface area contributed by atoms with E-state index in [1.165, 1.54) is 23.4 Å². The molecule has 2 aliphatic heterocycles. The number of hydrogen-bond acceptors (Lipinski definition) is 9. The van der Waals surface area contributed by atoms with Gasteiger partial charge in [0.15, 0.2) is 17.2 Å². The second-order valence-electron chi connectivity index (χ2n) is 11.6. The first kappa shape index (κ1) is 30.8. The number of furan rings is 1. The fourth-order valence-corrected chi connectivity index (χ4v) is 6.25. The third kappa shape index (κ3) is 5.39. The Morgan fingerprint density at radius 2 is 1.96 bits per heavy atom. The van der Waals surface area contributed by atoms with Gasteiger partial charge in [0.1, 0.15) is 28.9 Å². The zero-order chi connectivity index (χ0) is 33.0. The van der Waals surface area contributed by atoms with E-state index >= 15 is 4.39 Å². The Kier molecular flexibility index (Phi) is 7.69. The highest BCUT2D eigenvalue weighted by molar-refractivity contribution is 6.06. The molecule has 5 aromatic rings. The number of halogens is 5. The van der Waals surface area contributed by atoms with E-state index in [4.69, 9.17) is 13.9 Å². The van der Waals surface area contributed by atoms with Gasteiger partial charge in [-0.1, -0.05) is 19.1 Å². The van der Waals surface area contributed by atoms with Crippen LogP contribution in [0.4, 0.5) is 27.8 Å². The monoisotopic (exact) mass is 658 g/mol. The predicted octanol–water partition coefficient (Wildman–Crippen LogP) is 6.30. The molecule has 0 amide bonds. The second-order valence-corrected chi connectivity index (χ2v) is 11.6. The predicted molar refractivity (Wildman–Crippen MR) is 156 cm³/mol. The van der Waals surface area contributed by atoms with Crippen LogP contribution in [0, 0.1) is 5.92 Å². The van der Waals surface area contributed by atoms with Gasteiger partial charge in [0.25, 0.3) is 6.43 Å². The number of pyridine rings is 1. The van der Waals surface area contributed by atoms with Crippen molar-refractivity contribution >= 4 is 33.9 Å². The third-order valence-corrected chi connectivity index (χ3v) is 8.71. The average molecular weight is 659 g/mol. The minimum Gasteiger partial charge on any atom is -0.480 e. The Balaban J connectivity index is 1.28. The molecule has 0 radical (unpaired) electrons. The van der Waals surface area contributed by atoms with Crippen LogP contribution in [0.25, 0.3) is 33.2 Å². The zero-order valence-electron chi connectivity index (χ0n) is 24.7. The Bertz CT molecular complexity index is 1970. The van der Waals surface area contributed by atoms with E-state index in [-0.39, 0.29) is 66.5 Å². The molecule has 1 aromatic carbocycles. The normalized spacial score (nSPS) is 23.4. The summed E-state index contributed by atoms with van der Waals surface area (Å²) in [6, 6.07) is 6.86. The Labute approximate surface area is 262 Å². The largest absolute Gasteiger partial charge is 0.480 e. The number of anilines is 1. The quantitative estimate of drug-likeness (QED) is 0.190. The molecule has 47 heavy (non-hydrogen) atoms. The number of carbonyl (C=O) groups is 1. The number of benzene rings is 1. The Morgan fingerprint density at radius 3 is 2.68 bits per heavy atom. The van der Waals surface area contributed by atoms with Gasteiger partial charge in [0.05, 0.1) is 24.9 Å². The zero-order valence-corrected chi connectivity index (χ0v) is 24.7. The lowest BCUT2D eigenvalue weighted by Crippen LogP contribution is -2.38. The number of carboxylic acids is 1. The first-order valence-corrected chi connectivity index (χ1v) is 14.8. The summed E-state index contributed by atoms with van der Waals surface area (Å²) in [5.41, 5.74) is -0.845. The van der Waals surface area contributed by atoms with Gasteiger partial charge >= 0.3 is 12.5 Å². The second kappa shape index (κ2) is 11.7. The average Bonchev–Trinajstić information content (AvgIpc) is 3.80. The molecule has 6 heterocycles. The van der Waals surface area contributed by atoms with Gasteiger partial charge in [-0.2, -0.15) is 13.9 Å². The fraction of sp³-hybridized carbons (Fsp3) is 0.387. The van der Waals surface area contributed by atoms with Crippen LogP contribution in [-0.2, 0) is 15.2 Å². The molecule has 4 aromatic heterocycles. The summed E-state index contributed by atoms with van der Waals surface area (Å²) in [6.45, 7) is -1.14. The highest BCUT2D eigenvalue weighted by Crippen LogP contribution is 2.46. The lowest BCUT2D eigenvalue weighted by Gasteiger charge is -2.36. The molecule has 0 aliphatic carbocycles. The number of carboxylic acid groups (broad SMARTS) is 1. The van der Waals surface area contributed by atoms with E-state index in [2.05, 4.69) is 20.1 Å². The van der Waals surface area contributed by atoms with Gasteiger partial charge in [-0.15, -0.1) is 0 Å². The number of hydrogen-bond donors (Lipinski definition) is 1. The number of rotatable bonds is 8. The summed E-state index contributed by atoms with van der Waals surface area (Å²) in [4.78, 5) is 26.2. The molecule has 0 saturated carbocycles. The first-order valence-electron chi connectivity index (χ1n) is 14.8. The van der Waals surface area contributed by atoms with Crippen LogP contribution in [-0.4, -0.2) is 67.7 Å². The number of aliphatic carboxylic acids is 1. The minimum atomic E-state index is -3.05. The fourth-order valence-electron chi connectivity index (χ4n) is 6.25. The molecule has 2 fully saturated rings. The van der Waals surface area contributed by atoms with Gasteiger partial charge in [0, 0.05) is 54.3 Å². The molecular formula is C31H27F5N6O5. The van der Waals surface area contributed by atoms with E-state index in [1.54, 1.807) is 31.2 Å². The number of alkyl halides is 5. The molecule has 2 saturated heterocycles. The molecule has 11 nitrogen and oxygen atoms in total. The van der Waals surface area contributed by atoms with E-state index < -0.39 is 48.5 Å². The van der Waals surface area contributed by atoms with Crippen molar-refractivity contribution in [1.29, 1.82) is 0 Å². The summed E-state index contributed by atoms with van der Waals surface area (Å²) >= 11 is 0. The summed E-state index contributed by atoms with van der Waals surface area (Å²) in [6.07, 6.45) is -0.466. The van der Waals surface area contributed by atoms with E-state index in [0.29, 0.717) is 21.2 Å². The van der Waals surface area contributed by atoms with Crippen molar-refractivity contribution in [2.24, 2.45) is 5.92 Å². The third-order valence-electron chi connectivity index (χ3n) is 8.71. The molecule has 246 valence electrons. The Hall–Kier alpha value is -4.86. The topological polar surface area (TPSA) is 129 Å². The number of ether oxygens (including phenoxy) is 2. The summed E-state index contributed by atoms with van der Waals surface area (Å²) in [5, 5.41) is 14.3. The van der Waals surface area contributed by atoms with Crippen molar-refractivity contribution < 1.29 is 45.7 Å². The molecule has 0 unspecified atom stereocenters. The number of para-hydroxylation sites is 1. The maximum absolute atomic E-state index is 16.9. The van der Waals surface area contributed by atoms with Crippen molar-refractivity contribution in [3.63, 3.8) is 0 Å². The highest BCUT2D eigenvalue weighted by atomic mass is 19.3. The smallest absolute Gasteiger partial charge is 0.333 e. The van der Waals surface area contributed by atoms with E-state index in [1.807, 2.05) is 0 Å². The van der Waals surface area contributed by atoms with E-state index in [0.717, 1.165) is 6.20 Å². The Morgan fingerprint density at radius 1 is 1.15 bits per heavy atom. The van der Waals surface area contributed by atoms with Gasteiger partial charge in [-0.3, -0.25) is 0 Å². The number of fused-ring (bicyclic) bond motifs is 3. The van der Waals surface area contributed by atoms with Crippen LogP contribution >= 0.6 is 0 Å². The maximum Gasteiger partial charge on any atom is 0.333 e. The standard InChI is InChI=1S/C31H27F5N6O5/c1-15-14-45-7-6-31(15,36)20-8-16(17-11-38-42(12-17)30(34)35)10-37-28(20)46-18-9-21(29(43)44)41(13-18)27-24-23(39-26(40-27)25(32)33)19-4-2-3-5-22(19)47-24/h2-5,8,10-12,15,18,21,25,30H,6-7,9,13-14H2,1H3,(H,43,44)/t15-,18-,21-,31+/m0/s1. The van der Waals surface area contributed by atoms with Crippen LogP contribution in [0.1, 0.15) is 44.1 Å². The van der Waals surface area contributed by atoms with Crippen molar-refractivity contribution in [2.45, 2.75) is 50.6 Å². The van der Waals surface area contributed by atoms with Gasteiger partial charge in [-0.25, -0.2) is 37.6 Å². The molecule has 1 N–H and O–H groups in total. The molecule has 16 heteroatoms. The number of aromatic nitrogens is 5. The lowest BCUT2D eigenvalue weighted by molar-refractivity contribution is -0.138. The maximum atomic E-state index is 16.9. The van der Waals surface area contributed by atoms with Crippen LogP contribution in [0.3, 0.4) is 0 Å². The van der Waals surface area contributed by atoms with Crippen molar-refractivity contribution in [3.05, 3.63) is 60.3 Å². The number of nitrogens with zero attached hydrogens (tertiary/aromatic N) is 6. The van der Waals surface area contributed by atoms with Gasteiger partial charge in [-0.05, 0) is 18.2 Å². The SMILES string of the molecule is C[C@H]1COCC[C@]1(F)c1cc(-c2cnn(C(F)F)c2)cnc1O[C@H]1C[C@@H](C(=O)O)N(c2nc(C(F)F)nc3c2oc2ccccc23)C1. The summed E-state index contributed by atoms with van der Waals surface area (Å²) in [7, 11) is 0. The summed E-state index contributed by atoms with van der Waals surface area (Å²) in [5.74, 6) is -2.96. The molecule has 2 aliphatic rings. The molecular weight excluding hydrogens is 631 g/mol. The van der Waals surface area contributed by atoms with Crippen molar-refractivity contribution in [1.82, 2.24) is 24.7 Å². The molecule has 4 atom stereocenters. The lowest BCUT2D eigenvalue weighted by atomic mass is 9.80. The van der Waals surface area contributed by atoms with Crippen molar-refractivity contribution in [3.8, 4) is 17.0 Å². The van der Waals surface area contributed by atoms with Crippen LogP contribution < -0.4 is 9.64 Å². The van der Waals surface area contributed by atoms with Gasteiger partial charge < -0.3 is 23.9 Å². The first-order chi connectivity index (χ1) is 22.5. The molecule has 7 rings (SSSR count). The highest BCUT2D eigenvalue weighted by Gasteiger charge is 2.46. The van der Waals surface area contributed by atoms with Crippen LogP contribution in [0.2, 0.25) is 0 Å². The van der Waals surface area contributed by atoms with Crippen LogP contribution in [0.5, 0.6) is 5.88 Å². The molecule has 0 bridgehead atoms. The molecule has 0 spiro atoms. The van der Waals surface area contributed by atoms with E-state index in [9.17, 15) is 27.5 Å².